The van der Waals surface area contributed by atoms with Gasteiger partial charge in [-0.2, -0.15) is 0 Å². The van der Waals surface area contributed by atoms with Gasteiger partial charge in [-0.15, -0.1) is 0 Å². The van der Waals surface area contributed by atoms with Gasteiger partial charge in [-0.25, -0.2) is 0 Å². The van der Waals surface area contributed by atoms with E-state index in [-0.39, 0.29) is 25.6 Å². The summed E-state index contributed by atoms with van der Waals surface area (Å²) < 4.78 is 12.2. The molecule has 0 heterocycles. The fourth-order valence-corrected chi connectivity index (χ4v) is 4.74. The molecule has 3 nitrogen and oxygen atoms in total. The van der Waals surface area contributed by atoms with Crippen LogP contribution in [0.1, 0.15) is 12.8 Å². The van der Waals surface area contributed by atoms with Crippen LogP contribution < -0.4 is 13.9 Å². The van der Waals surface area contributed by atoms with Crippen molar-refractivity contribution in [1.29, 1.82) is 0 Å². The number of ketones is 1. The summed E-state index contributed by atoms with van der Waals surface area (Å²) in [5.74, 6) is 2.03. The average molecular weight is 373 g/mol. The van der Waals surface area contributed by atoms with E-state index in [1.165, 1.54) is 4.46 Å². The van der Waals surface area contributed by atoms with Crippen LogP contribution in [0, 0.1) is 0 Å². The molecule has 2 aromatic carbocycles. The normalized spacial score (nSPS) is 17.5. The van der Waals surface area contributed by atoms with E-state index in [1.54, 1.807) is 7.11 Å². The Morgan fingerprint density at radius 2 is 1.70 bits per heavy atom. The van der Waals surface area contributed by atoms with E-state index in [4.69, 9.17) is 9.47 Å². The van der Waals surface area contributed by atoms with Crippen molar-refractivity contribution in [2.75, 3.05) is 7.11 Å². The summed E-state index contributed by atoms with van der Waals surface area (Å²) in [4.78, 5) is 12.7. The molecule has 0 saturated carbocycles. The zero-order valence-electron chi connectivity index (χ0n) is 12.9. The van der Waals surface area contributed by atoms with Gasteiger partial charge in [0.25, 0.3) is 0 Å². The molecule has 3 rings (SSSR count). The van der Waals surface area contributed by atoms with Gasteiger partial charge in [-0.05, 0) is 0 Å². The van der Waals surface area contributed by atoms with Crippen molar-refractivity contribution in [2.45, 2.75) is 17.7 Å². The molecule has 0 aliphatic heterocycles. The van der Waals surface area contributed by atoms with Crippen molar-refractivity contribution in [3.05, 3.63) is 66.4 Å². The third kappa shape index (κ3) is 4.04. The van der Waals surface area contributed by atoms with Crippen LogP contribution in [0.2, 0.25) is 4.82 Å². The standard InChI is InChI=1S/C19H18O3Se/c1-21-14-10-12-15(13-11-14)22-17-8-5-9-18(19(17)20)23-16-6-3-2-4-7-16/h2-4,6-8,10-13,18H,5,9H2,1H3. The first-order valence-electron chi connectivity index (χ1n) is 7.54. The first-order valence-corrected chi connectivity index (χ1v) is 9.39. The number of hydrogen-bond donors (Lipinski definition) is 0. The predicted octanol–water partition coefficient (Wildman–Crippen LogP) is 3.14. The summed E-state index contributed by atoms with van der Waals surface area (Å²) in [6.07, 6.45) is 3.70. The van der Waals surface area contributed by atoms with Crippen LogP contribution in [0.4, 0.5) is 0 Å². The third-order valence-corrected chi connectivity index (χ3v) is 6.29. The van der Waals surface area contributed by atoms with E-state index in [1.807, 2.05) is 48.5 Å². The molecule has 0 fully saturated rings. The molecule has 0 aromatic heterocycles. The van der Waals surface area contributed by atoms with E-state index < -0.39 is 0 Å². The Labute approximate surface area is 142 Å². The second-order valence-corrected chi connectivity index (χ2v) is 7.88. The van der Waals surface area contributed by atoms with Gasteiger partial charge in [0.2, 0.25) is 0 Å². The van der Waals surface area contributed by atoms with Gasteiger partial charge >= 0.3 is 142 Å². The quantitative estimate of drug-likeness (QED) is 0.756. The number of rotatable bonds is 5. The van der Waals surface area contributed by atoms with Gasteiger partial charge < -0.3 is 0 Å². The zero-order valence-corrected chi connectivity index (χ0v) is 14.6. The summed E-state index contributed by atoms with van der Waals surface area (Å²) in [5, 5.41) is 0. The van der Waals surface area contributed by atoms with Gasteiger partial charge in [0.05, 0.1) is 0 Å². The number of Topliss-reactive ketones (excluding diaryl/α,β-unsaturated/α-hetero) is 1. The molecule has 0 bridgehead atoms. The van der Waals surface area contributed by atoms with Crippen LogP contribution in [-0.4, -0.2) is 27.8 Å². The molecule has 23 heavy (non-hydrogen) atoms. The molecule has 0 amide bonds. The molecule has 0 radical (unpaired) electrons. The minimum absolute atomic E-state index is 0.0585. The summed E-state index contributed by atoms with van der Waals surface area (Å²) in [6.45, 7) is 0. The molecular formula is C19H18O3Se. The summed E-state index contributed by atoms with van der Waals surface area (Å²) in [5.41, 5.74) is 0. The Balaban J connectivity index is 1.68. The maximum absolute atomic E-state index is 12.7. The second kappa shape index (κ2) is 7.49. The maximum atomic E-state index is 12.7. The number of hydrogen-bond acceptors (Lipinski definition) is 3. The number of benzene rings is 2. The van der Waals surface area contributed by atoms with Crippen molar-refractivity contribution >= 4 is 25.2 Å². The van der Waals surface area contributed by atoms with Crippen molar-refractivity contribution in [3.8, 4) is 11.5 Å². The second-order valence-electron chi connectivity index (χ2n) is 5.21. The summed E-state index contributed by atoms with van der Waals surface area (Å²) in [7, 11) is 1.62. The van der Waals surface area contributed by atoms with E-state index in [0.717, 1.165) is 18.6 Å². The van der Waals surface area contributed by atoms with Crippen molar-refractivity contribution in [3.63, 3.8) is 0 Å². The van der Waals surface area contributed by atoms with Crippen LogP contribution in [0.5, 0.6) is 11.5 Å². The van der Waals surface area contributed by atoms with E-state index >= 15 is 0 Å². The SMILES string of the molecule is COc1ccc(OC2=CCCC([Se]c3ccccc3)C2=O)cc1. The van der Waals surface area contributed by atoms with Crippen LogP contribution in [0.15, 0.2) is 66.4 Å². The first-order chi connectivity index (χ1) is 11.3. The Morgan fingerprint density at radius 1 is 1.00 bits per heavy atom. The van der Waals surface area contributed by atoms with Crippen molar-refractivity contribution in [2.24, 2.45) is 0 Å². The monoisotopic (exact) mass is 374 g/mol. The molecule has 0 spiro atoms. The van der Waals surface area contributed by atoms with Crippen LogP contribution in [0.25, 0.3) is 0 Å². The molecule has 2 aromatic rings. The van der Waals surface area contributed by atoms with Gasteiger partial charge in [-0.1, -0.05) is 0 Å². The number of allylic oxidation sites excluding steroid dienone is 2. The van der Waals surface area contributed by atoms with Crippen LogP contribution in [-0.2, 0) is 4.79 Å². The van der Waals surface area contributed by atoms with Gasteiger partial charge in [0.15, 0.2) is 0 Å². The molecule has 1 aliphatic carbocycles. The number of methoxy groups -OCH3 is 1. The van der Waals surface area contributed by atoms with Gasteiger partial charge in [-0.3, -0.25) is 0 Å². The fourth-order valence-electron chi connectivity index (χ4n) is 2.39. The summed E-state index contributed by atoms with van der Waals surface area (Å²) >= 11 is 0.140. The van der Waals surface area contributed by atoms with Gasteiger partial charge in [0.1, 0.15) is 0 Å². The molecule has 118 valence electrons. The zero-order chi connectivity index (χ0) is 16.1. The van der Waals surface area contributed by atoms with Crippen LogP contribution >= 0.6 is 0 Å². The van der Waals surface area contributed by atoms with Crippen LogP contribution in [0.3, 0.4) is 0 Å². The minimum atomic E-state index is 0.0585. The molecular weight excluding hydrogens is 355 g/mol. The third-order valence-electron chi connectivity index (χ3n) is 3.60. The Kier molecular flexibility index (Phi) is 5.16. The van der Waals surface area contributed by atoms with Crippen molar-refractivity contribution in [1.82, 2.24) is 0 Å². The van der Waals surface area contributed by atoms with E-state index in [0.29, 0.717) is 11.5 Å². The molecule has 1 unspecified atom stereocenters. The Bertz CT molecular complexity index is 692. The topological polar surface area (TPSA) is 35.5 Å². The number of carbonyl (C=O) groups excluding carboxylic acids is 1. The molecule has 0 saturated heterocycles. The number of ether oxygens (including phenoxy) is 2. The van der Waals surface area contributed by atoms with Gasteiger partial charge in [0, 0.05) is 0 Å². The van der Waals surface area contributed by atoms with E-state index in [9.17, 15) is 4.79 Å². The molecule has 0 N–H and O–H groups in total. The van der Waals surface area contributed by atoms with E-state index in [2.05, 4.69) is 12.1 Å². The molecule has 1 atom stereocenters. The average Bonchev–Trinajstić information content (AvgIpc) is 2.60. The summed E-state index contributed by atoms with van der Waals surface area (Å²) in [6, 6.07) is 17.5. The molecule has 4 heteroatoms. The Morgan fingerprint density at radius 3 is 2.39 bits per heavy atom. The first kappa shape index (κ1) is 15.8. The molecule has 1 aliphatic rings. The van der Waals surface area contributed by atoms with Crippen molar-refractivity contribution < 1.29 is 14.3 Å². The fraction of sp³-hybridized carbons (Fsp3) is 0.211. The predicted molar refractivity (Wildman–Crippen MR) is 91.5 cm³/mol. The Hall–Kier alpha value is -2.03. The number of carbonyl (C=O) groups is 1.